The predicted octanol–water partition coefficient (Wildman–Crippen LogP) is 21.6. The molecule has 2 heterocycles. The first-order valence-corrected chi connectivity index (χ1v) is 29.5. The second kappa shape index (κ2) is 22.4. The van der Waals surface area contributed by atoms with Gasteiger partial charge < -0.3 is 9.47 Å². The third kappa shape index (κ3) is 9.78. The number of rotatable bonds is 13. The second-order valence-corrected chi connectivity index (χ2v) is 21.9. The van der Waals surface area contributed by atoms with E-state index in [4.69, 9.17) is 8.75 Å². The van der Waals surface area contributed by atoms with Crippen molar-refractivity contribution in [2.75, 3.05) is 4.90 Å². The molecule has 0 aliphatic heterocycles. The summed E-state index contributed by atoms with van der Waals surface area (Å²) in [5, 5.41) is 2.43. The fourth-order valence-electron chi connectivity index (χ4n) is 12.2. The molecule has 0 unspecified atom stereocenters. The normalized spacial score (nSPS) is 11.3. The van der Waals surface area contributed by atoms with Crippen molar-refractivity contribution in [1.82, 2.24) is 13.3 Å². The molecule has 0 atom stereocenters. The van der Waals surface area contributed by atoms with Gasteiger partial charge >= 0.3 is 0 Å². The van der Waals surface area contributed by atoms with Crippen LogP contribution in [0.1, 0.15) is 22.3 Å². The van der Waals surface area contributed by atoms with Crippen LogP contribution in [-0.4, -0.2) is 13.3 Å². The van der Waals surface area contributed by atoms with Crippen molar-refractivity contribution in [3.63, 3.8) is 0 Å². The lowest BCUT2D eigenvalue weighted by molar-refractivity contribution is 1.18. The van der Waals surface area contributed by atoms with Crippen molar-refractivity contribution < 1.29 is 0 Å². The van der Waals surface area contributed by atoms with Gasteiger partial charge in [0.25, 0.3) is 0 Å². The zero-order valence-electron chi connectivity index (χ0n) is 46.4. The van der Waals surface area contributed by atoms with Crippen molar-refractivity contribution in [2.24, 2.45) is 0 Å². The maximum absolute atomic E-state index is 5.07. The highest BCUT2D eigenvalue weighted by atomic mass is 32.1. The lowest BCUT2D eigenvalue weighted by atomic mass is 9.85. The first-order chi connectivity index (χ1) is 42.2. The van der Waals surface area contributed by atoms with Gasteiger partial charge in [0, 0.05) is 33.4 Å². The Morgan fingerprint density at radius 3 is 1.06 bits per heavy atom. The summed E-state index contributed by atoms with van der Waals surface area (Å²) in [7, 11) is 0. The van der Waals surface area contributed by atoms with Gasteiger partial charge in [-0.05, 0) is 156 Å². The van der Waals surface area contributed by atoms with Gasteiger partial charge in [-0.2, -0.15) is 8.75 Å². The summed E-state index contributed by atoms with van der Waals surface area (Å²) in [4.78, 5) is 2.32. The average molecular weight is 1100 g/mol. The Bertz CT molecular complexity index is 4710. The van der Waals surface area contributed by atoms with E-state index >= 15 is 0 Å². The summed E-state index contributed by atoms with van der Waals surface area (Å²) in [6.45, 7) is 0. The monoisotopic (exact) mass is 1100 g/mol. The van der Waals surface area contributed by atoms with Crippen molar-refractivity contribution >= 4 is 72.8 Å². The lowest BCUT2D eigenvalue weighted by Crippen LogP contribution is -2.10. The highest BCUT2D eigenvalue weighted by Gasteiger charge is 2.22. The quantitative estimate of drug-likeness (QED) is 0.108. The topological polar surface area (TPSA) is 34.0 Å². The Labute approximate surface area is 499 Å². The minimum absolute atomic E-state index is 0.844. The molecule has 0 aliphatic carbocycles. The molecular formula is C80H54N4S. The predicted molar refractivity (Wildman–Crippen MR) is 358 cm³/mol. The molecule has 13 aromatic carbocycles. The van der Waals surface area contributed by atoms with Gasteiger partial charge in [-0.15, -0.1) is 0 Å². The van der Waals surface area contributed by atoms with Crippen molar-refractivity contribution in [3.8, 4) is 61.3 Å². The molecule has 4 nitrogen and oxygen atoms in total. The Hall–Kier alpha value is -11.0. The zero-order chi connectivity index (χ0) is 56.5. The van der Waals surface area contributed by atoms with Crippen molar-refractivity contribution in [2.45, 2.75) is 0 Å². The smallest absolute Gasteiger partial charge is 0.129 e. The third-order valence-electron chi connectivity index (χ3n) is 16.4. The van der Waals surface area contributed by atoms with E-state index in [1.54, 1.807) is 0 Å². The van der Waals surface area contributed by atoms with E-state index in [0.717, 1.165) is 78.2 Å². The van der Waals surface area contributed by atoms with Gasteiger partial charge in [-0.1, -0.05) is 255 Å². The fourth-order valence-corrected chi connectivity index (χ4v) is 12.8. The maximum Gasteiger partial charge on any atom is 0.129 e. The highest BCUT2D eigenvalue weighted by molar-refractivity contribution is 7.00. The summed E-state index contributed by atoms with van der Waals surface area (Å²) in [5.74, 6) is 0. The van der Waals surface area contributed by atoms with Crippen LogP contribution in [0.2, 0.25) is 0 Å². The van der Waals surface area contributed by atoms with Crippen LogP contribution < -0.4 is 4.90 Å². The van der Waals surface area contributed by atoms with E-state index in [9.17, 15) is 0 Å². The number of nitrogens with zero attached hydrogens (tertiary/aromatic N) is 4. The Morgan fingerprint density at radius 2 is 0.624 bits per heavy atom. The molecule has 0 bridgehead atoms. The molecule has 0 spiro atoms. The molecule has 2 aromatic heterocycles. The summed E-state index contributed by atoms with van der Waals surface area (Å²) >= 11 is 1.25. The van der Waals surface area contributed by atoms with E-state index < -0.39 is 0 Å². The van der Waals surface area contributed by atoms with Gasteiger partial charge in [0.05, 0.1) is 28.4 Å². The standard InChI is InChI=1S/C80H54N4S/c1-7-19-55(20-8-1)59-35-43-68(44-36-59)83(69-45-37-60(38-46-69)58-31-33-65(34-32-58)78(64-29-17-6-18-30-64)77(62-25-13-4-14-26-62)63-27-15-5-16-28-63)76-52-49-71(79-80(76)82-85-81-79)61-39-47-70(48-40-61)84-74-50-41-66(56-21-9-2-10-22-56)53-72(74)73-54-67(42-51-75(73)84)57-23-11-3-12-24-57/h1-54H. The first kappa shape index (κ1) is 50.9. The van der Waals surface area contributed by atoms with Crippen LogP contribution in [0.3, 0.4) is 0 Å². The van der Waals surface area contributed by atoms with Gasteiger partial charge in [0.2, 0.25) is 0 Å². The van der Waals surface area contributed by atoms with E-state index in [1.807, 2.05) is 0 Å². The third-order valence-corrected chi connectivity index (χ3v) is 16.9. The van der Waals surface area contributed by atoms with E-state index in [0.29, 0.717) is 0 Å². The van der Waals surface area contributed by atoms with E-state index in [-0.39, 0.29) is 0 Å². The fraction of sp³-hybridized carbons (Fsp3) is 0. The molecule has 0 saturated heterocycles. The molecular weight excluding hydrogens is 1050 g/mol. The Balaban J connectivity index is 0.789. The van der Waals surface area contributed by atoms with Crippen LogP contribution in [-0.2, 0) is 0 Å². The molecule has 15 rings (SSSR count). The van der Waals surface area contributed by atoms with Crippen molar-refractivity contribution in [1.29, 1.82) is 0 Å². The molecule has 5 heteroatoms. The molecule has 0 aliphatic rings. The largest absolute Gasteiger partial charge is 0.309 e. The summed E-state index contributed by atoms with van der Waals surface area (Å²) in [5.41, 5.74) is 26.7. The van der Waals surface area contributed by atoms with Crippen LogP contribution >= 0.6 is 11.7 Å². The minimum atomic E-state index is 0.844. The molecule has 0 fully saturated rings. The summed E-state index contributed by atoms with van der Waals surface area (Å²) in [6, 6.07) is 118. The second-order valence-electron chi connectivity index (χ2n) is 21.4. The van der Waals surface area contributed by atoms with Gasteiger partial charge in [0.1, 0.15) is 11.0 Å². The molecule has 0 N–H and O–H groups in total. The lowest BCUT2D eigenvalue weighted by Gasteiger charge is -2.26. The number of hydrogen-bond donors (Lipinski definition) is 0. The Kier molecular flexibility index (Phi) is 13.4. The molecule has 400 valence electrons. The van der Waals surface area contributed by atoms with Crippen LogP contribution in [0.5, 0.6) is 0 Å². The molecule has 0 amide bonds. The van der Waals surface area contributed by atoms with Gasteiger partial charge in [-0.3, -0.25) is 0 Å². The van der Waals surface area contributed by atoms with Gasteiger partial charge in [0.15, 0.2) is 0 Å². The minimum Gasteiger partial charge on any atom is -0.309 e. The highest BCUT2D eigenvalue weighted by Crippen LogP contribution is 2.44. The number of fused-ring (bicyclic) bond motifs is 4. The maximum atomic E-state index is 5.07. The van der Waals surface area contributed by atoms with Crippen LogP contribution in [0.25, 0.3) is 105 Å². The van der Waals surface area contributed by atoms with Crippen molar-refractivity contribution in [3.05, 3.63) is 350 Å². The van der Waals surface area contributed by atoms with Crippen LogP contribution in [0.4, 0.5) is 17.1 Å². The van der Waals surface area contributed by atoms with Gasteiger partial charge in [-0.25, -0.2) is 0 Å². The summed E-state index contributed by atoms with van der Waals surface area (Å²) < 4.78 is 12.5. The molecule has 15 aromatic rings. The number of aromatic nitrogens is 3. The van der Waals surface area contributed by atoms with Crippen LogP contribution in [0.15, 0.2) is 328 Å². The zero-order valence-corrected chi connectivity index (χ0v) is 47.2. The average Bonchev–Trinajstić information content (AvgIpc) is 2.98. The van der Waals surface area contributed by atoms with E-state index in [1.165, 1.54) is 78.2 Å². The Morgan fingerprint density at radius 1 is 0.282 bits per heavy atom. The number of hydrogen-bond acceptors (Lipinski definition) is 4. The summed E-state index contributed by atoms with van der Waals surface area (Å²) in [6.07, 6.45) is 0. The first-order valence-electron chi connectivity index (χ1n) is 28.8. The molecule has 85 heavy (non-hydrogen) atoms. The molecule has 0 saturated carbocycles. The SMILES string of the molecule is c1ccc(C(=C(c2ccccc2)c2ccc(-c3ccc(N(c4ccc(-c5ccccc5)cc4)c4ccc(-c5ccc(-n6c7ccc(-c8ccccc8)cc7c7cc(-c8ccccc8)ccc76)cc5)c5nsnc45)cc3)cc2)c2ccccc2)cc1. The number of anilines is 3. The van der Waals surface area contributed by atoms with E-state index in [2.05, 4.69) is 337 Å². The molecule has 0 radical (unpaired) electrons. The number of benzene rings is 13. The van der Waals surface area contributed by atoms with Crippen LogP contribution in [0, 0.1) is 0 Å².